The van der Waals surface area contributed by atoms with Crippen LogP contribution >= 0.6 is 0 Å². The van der Waals surface area contributed by atoms with Crippen molar-refractivity contribution < 1.29 is 18.7 Å². The van der Waals surface area contributed by atoms with Gasteiger partial charge in [-0.05, 0) is 25.5 Å². The van der Waals surface area contributed by atoms with Crippen LogP contribution in [-0.2, 0) is 11.2 Å². The van der Waals surface area contributed by atoms with Gasteiger partial charge in [-0.2, -0.15) is 0 Å². The minimum absolute atomic E-state index is 0.426. The first kappa shape index (κ1) is 11.8. The Morgan fingerprint density at radius 3 is 2.53 bits per heavy atom. The van der Waals surface area contributed by atoms with E-state index in [4.69, 9.17) is 13.9 Å². The molecular formula is C15H14O4. The number of fused-ring (bicyclic) bond motifs is 2. The molecule has 1 atom stereocenters. The van der Waals surface area contributed by atoms with Gasteiger partial charge in [-0.1, -0.05) is 6.92 Å². The predicted octanol–water partition coefficient (Wildman–Crippen LogP) is 3.75. The van der Waals surface area contributed by atoms with Crippen LogP contribution in [0, 0.1) is 12.8 Å². The summed E-state index contributed by atoms with van der Waals surface area (Å²) in [5, 5.41) is 11.0. The second-order valence-electron chi connectivity index (χ2n) is 4.87. The number of furan rings is 2. The molecule has 2 aromatic heterocycles. The molecule has 3 aromatic rings. The number of benzene rings is 1. The van der Waals surface area contributed by atoms with Crippen LogP contribution in [-0.4, -0.2) is 11.1 Å². The average molecular weight is 258 g/mol. The third-order valence-electron chi connectivity index (χ3n) is 3.61. The second-order valence-corrected chi connectivity index (χ2v) is 4.87. The van der Waals surface area contributed by atoms with Gasteiger partial charge in [-0.15, -0.1) is 0 Å². The van der Waals surface area contributed by atoms with E-state index in [2.05, 4.69) is 0 Å². The van der Waals surface area contributed by atoms with Crippen LogP contribution in [0.15, 0.2) is 33.5 Å². The number of aliphatic carboxylic acids is 1. The Morgan fingerprint density at radius 1 is 1.21 bits per heavy atom. The Balaban J connectivity index is 2.29. The van der Waals surface area contributed by atoms with Crippen molar-refractivity contribution in [2.24, 2.45) is 5.92 Å². The maximum Gasteiger partial charge on any atom is 0.306 e. The molecule has 1 aromatic carbocycles. The lowest BCUT2D eigenvalue weighted by molar-refractivity contribution is -0.141. The fourth-order valence-electron chi connectivity index (χ4n) is 2.52. The molecule has 0 fully saturated rings. The molecule has 1 N–H and O–H groups in total. The summed E-state index contributed by atoms with van der Waals surface area (Å²) in [6, 6.07) is 3.76. The molecule has 2 heterocycles. The number of carboxylic acids is 1. The standard InChI is InChI=1S/C15H14O4/c1-8(15(16)17)7-12-11-4-6-18-13(11)9(2)10-3-5-19-14(10)12/h3-6,8H,7H2,1-2H3,(H,16,17). The summed E-state index contributed by atoms with van der Waals surface area (Å²) in [6.07, 6.45) is 3.69. The zero-order valence-corrected chi connectivity index (χ0v) is 10.8. The van der Waals surface area contributed by atoms with Gasteiger partial charge in [0, 0.05) is 21.9 Å². The molecule has 0 radical (unpaired) electrons. The van der Waals surface area contributed by atoms with Crippen molar-refractivity contribution in [1.82, 2.24) is 0 Å². The maximum atomic E-state index is 11.1. The molecule has 4 nitrogen and oxygen atoms in total. The number of hydrogen-bond donors (Lipinski definition) is 1. The summed E-state index contributed by atoms with van der Waals surface area (Å²) < 4.78 is 11.1. The highest BCUT2D eigenvalue weighted by Crippen LogP contribution is 2.35. The van der Waals surface area contributed by atoms with E-state index in [9.17, 15) is 4.79 Å². The van der Waals surface area contributed by atoms with Gasteiger partial charge in [0.25, 0.3) is 0 Å². The molecule has 98 valence electrons. The summed E-state index contributed by atoms with van der Waals surface area (Å²) in [7, 11) is 0. The van der Waals surface area contributed by atoms with E-state index >= 15 is 0 Å². The Hall–Kier alpha value is -2.23. The van der Waals surface area contributed by atoms with Crippen LogP contribution in [0.4, 0.5) is 0 Å². The van der Waals surface area contributed by atoms with Gasteiger partial charge < -0.3 is 13.9 Å². The third kappa shape index (κ3) is 1.71. The molecule has 19 heavy (non-hydrogen) atoms. The van der Waals surface area contributed by atoms with Gasteiger partial charge in [-0.25, -0.2) is 0 Å². The zero-order chi connectivity index (χ0) is 13.6. The van der Waals surface area contributed by atoms with Crippen molar-refractivity contribution in [1.29, 1.82) is 0 Å². The van der Waals surface area contributed by atoms with E-state index in [0.29, 0.717) is 6.42 Å². The van der Waals surface area contributed by atoms with Crippen LogP contribution in [0.5, 0.6) is 0 Å². The van der Waals surface area contributed by atoms with Crippen molar-refractivity contribution in [2.45, 2.75) is 20.3 Å². The molecule has 0 aliphatic heterocycles. The van der Waals surface area contributed by atoms with E-state index in [1.165, 1.54) is 0 Å². The minimum atomic E-state index is -0.808. The lowest BCUT2D eigenvalue weighted by Gasteiger charge is -2.09. The number of carbonyl (C=O) groups is 1. The van der Waals surface area contributed by atoms with Gasteiger partial charge in [-0.3, -0.25) is 4.79 Å². The third-order valence-corrected chi connectivity index (χ3v) is 3.61. The van der Waals surface area contributed by atoms with Crippen LogP contribution in [0.25, 0.3) is 21.9 Å². The van der Waals surface area contributed by atoms with Crippen LogP contribution in [0.2, 0.25) is 0 Å². The van der Waals surface area contributed by atoms with Crippen molar-refractivity contribution in [3.8, 4) is 0 Å². The normalized spacial score (nSPS) is 13.2. The molecule has 3 rings (SSSR count). The SMILES string of the molecule is Cc1c2ccoc2c(CC(C)C(=O)O)c2ccoc12. The van der Waals surface area contributed by atoms with Gasteiger partial charge in [0.15, 0.2) is 0 Å². The topological polar surface area (TPSA) is 63.6 Å². The smallest absolute Gasteiger partial charge is 0.306 e. The average Bonchev–Trinajstić information content (AvgIpc) is 3.02. The van der Waals surface area contributed by atoms with Crippen LogP contribution in [0.1, 0.15) is 18.1 Å². The second kappa shape index (κ2) is 4.16. The molecule has 0 bridgehead atoms. The lowest BCUT2D eigenvalue weighted by atomic mass is 9.95. The predicted molar refractivity (Wildman–Crippen MR) is 71.2 cm³/mol. The minimum Gasteiger partial charge on any atom is -0.481 e. The van der Waals surface area contributed by atoms with Crippen LogP contribution in [0.3, 0.4) is 0 Å². The highest BCUT2D eigenvalue weighted by Gasteiger charge is 2.20. The number of aryl methyl sites for hydroxylation is 1. The molecule has 0 aliphatic carbocycles. The molecule has 0 aliphatic rings. The zero-order valence-electron chi connectivity index (χ0n) is 10.8. The molecule has 0 spiro atoms. The quantitative estimate of drug-likeness (QED) is 0.777. The number of rotatable bonds is 3. The Labute approximate surface area is 109 Å². The van der Waals surface area contributed by atoms with Gasteiger partial charge >= 0.3 is 5.97 Å². The highest BCUT2D eigenvalue weighted by molar-refractivity contribution is 6.01. The maximum absolute atomic E-state index is 11.1. The summed E-state index contributed by atoms with van der Waals surface area (Å²) in [5.74, 6) is -1.27. The fraction of sp³-hybridized carbons (Fsp3) is 0.267. The summed E-state index contributed by atoms with van der Waals surface area (Å²) >= 11 is 0. The van der Waals surface area contributed by atoms with Crippen molar-refractivity contribution in [3.05, 3.63) is 35.8 Å². The summed E-state index contributed by atoms with van der Waals surface area (Å²) in [5.41, 5.74) is 3.50. The molecule has 0 saturated heterocycles. The van der Waals surface area contributed by atoms with E-state index in [0.717, 1.165) is 33.1 Å². The first-order valence-corrected chi connectivity index (χ1v) is 6.18. The highest BCUT2D eigenvalue weighted by atomic mass is 16.4. The first-order chi connectivity index (χ1) is 9.09. The Morgan fingerprint density at radius 2 is 1.84 bits per heavy atom. The lowest BCUT2D eigenvalue weighted by Crippen LogP contribution is -2.12. The summed E-state index contributed by atoms with van der Waals surface area (Å²) in [4.78, 5) is 11.1. The Kier molecular flexibility index (Phi) is 2.59. The van der Waals surface area contributed by atoms with Crippen molar-refractivity contribution in [2.75, 3.05) is 0 Å². The van der Waals surface area contributed by atoms with Gasteiger partial charge in [0.1, 0.15) is 11.2 Å². The van der Waals surface area contributed by atoms with E-state index < -0.39 is 11.9 Å². The van der Waals surface area contributed by atoms with E-state index in [-0.39, 0.29) is 0 Å². The van der Waals surface area contributed by atoms with Gasteiger partial charge in [0.2, 0.25) is 0 Å². The molecule has 0 amide bonds. The van der Waals surface area contributed by atoms with Crippen molar-refractivity contribution in [3.63, 3.8) is 0 Å². The number of hydrogen-bond acceptors (Lipinski definition) is 3. The Bertz CT molecular complexity index is 711. The number of carboxylic acid groups (broad SMARTS) is 1. The molecule has 4 heteroatoms. The van der Waals surface area contributed by atoms with E-state index in [1.807, 2.05) is 19.1 Å². The molecule has 1 unspecified atom stereocenters. The largest absolute Gasteiger partial charge is 0.481 e. The van der Waals surface area contributed by atoms with Crippen molar-refractivity contribution >= 4 is 27.9 Å². The van der Waals surface area contributed by atoms with Gasteiger partial charge in [0.05, 0.1) is 18.4 Å². The molecular weight excluding hydrogens is 244 g/mol. The fourth-order valence-corrected chi connectivity index (χ4v) is 2.52. The monoisotopic (exact) mass is 258 g/mol. The summed E-state index contributed by atoms with van der Waals surface area (Å²) in [6.45, 7) is 3.68. The molecule has 0 saturated carbocycles. The van der Waals surface area contributed by atoms with E-state index in [1.54, 1.807) is 19.5 Å². The van der Waals surface area contributed by atoms with Crippen LogP contribution < -0.4 is 0 Å². The first-order valence-electron chi connectivity index (χ1n) is 6.18.